The van der Waals surface area contributed by atoms with E-state index in [1.165, 1.54) is 11.3 Å². The summed E-state index contributed by atoms with van der Waals surface area (Å²) in [6, 6.07) is 1.24. The van der Waals surface area contributed by atoms with Crippen LogP contribution in [0.5, 0.6) is 0 Å². The molecule has 18 heavy (non-hydrogen) atoms. The van der Waals surface area contributed by atoms with Crippen molar-refractivity contribution >= 4 is 11.3 Å². The van der Waals surface area contributed by atoms with Gasteiger partial charge >= 0.3 is 0 Å². The Hall–Kier alpha value is -0.450. The fourth-order valence-electron chi connectivity index (χ4n) is 2.70. The SMILES string of the molecule is CCC1CN(Cc2cncs2)C(C(C)(C)C)CN1. The molecule has 1 fully saturated rings. The second-order valence-electron chi connectivity index (χ2n) is 6.29. The Kier molecular flexibility index (Phi) is 4.41. The first-order valence-corrected chi connectivity index (χ1v) is 7.73. The van der Waals surface area contributed by atoms with E-state index in [0.717, 1.165) is 19.6 Å². The molecular weight excluding hydrogens is 242 g/mol. The first-order chi connectivity index (χ1) is 8.50. The van der Waals surface area contributed by atoms with Crippen LogP contribution in [0, 0.1) is 5.41 Å². The molecular formula is C14H25N3S. The number of nitrogens with zero attached hydrogens (tertiary/aromatic N) is 2. The predicted octanol–water partition coefficient (Wildman–Crippen LogP) is 2.74. The lowest BCUT2D eigenvalue weighted by atomic mass is 9.83. The van der Waals surface area contributed by atoms with Crippen molar-refractivity contribution in [1.29, 1.82) is 0 Å². The van der Waals surface area contributed by atoms with Crippen molar-refractivity contribution in [3.8, 4) is 0 Å². The normalized spacial score (nSPS) is 26.4. The standard InChI is InChI=1S/C14H25N3S/c1-5-11-8-17(9-12-6-15-10-18-12)13(7-16-11)14(2,3)4/h6,10-11,13,16H,5,7-9H2,1-4H3. The zero-order valence-electron chi connectivity index (χ0n) is 11.9. The van der Waals surface area contributed by atoms with Gasteiger partial charge in [0.25, 0.3) is 0 Å². The van der Waals surface area contributed by atoms with E-state index >= 15 is 0 Å². The lowest BCUT2D eigenvalue weighted by Crippen LogP contribution is -2.59. The molecule has 4 heteroatoms. The van der Waals surface area contributed by atoms with E-state index in [1.807, 2.05) is 11.7 Å². The molecule has 102 valence electrons. The minimum atomic E-state index is 0.316. The van der Waals surface area contributed by atoms with Crippen molar-refractivity contribution in [2.45, 2.75) is 52.7 Å². The Morgan fingerprint density at radius 3 is 2.83 bits per heavy atom. The Labute approximate surface area is 115 Å². The average molecular weight is 267 g/mol. The number of nitrogens with one attached hydrogen (secondary N) is 1. The number of hydrogen-bond donors (Lipinski definition) is 1. The first-order valence-electron chi connectivity index (χ1n) is 6.85. The fraction of sp³-hybridized carbons (Fsp3) is 0.786. The van der Waals surface area contributed by atoms with Crippen molar-refractivity contribution < 1.29 is 0 Å². The molecule has 0 saturated carbocycles. The third-order valence-electron chi connectivity index (χ3n) is 3.83. The summed E-state index contributed by atoms with van der Waals surface area (Å²) in [7, 11) is 0. The first kappa shape index (κ1) is 14.0. The smallest absolute Gasteiger partial charge is 0.0794 e. The number of aromatic nitrogens is 1. The van der Waals surface area contributed by atoms with Gasteiger partial charge in [0.1, 0.15) is 0 Å². The van der Waals surface area contributed by atoms with Crippen LogP contribution >= 0.6 is 11.3 Å². The zero-order valence-corrected chi connectivity index (χ0v) is 12.8. The molecule has 0 spiro atoms. The highest BCUT2D eigenvalue weighted by Gasteiger charge is 2.35. The van der Waals surface area contributed by atoms with Crippen LogP contribution in [-0.4, -0.2) is 35.1 Å². The molecule has 1 aliphatic rings. The van der Waals surface area contributed by atoms with Crippen LogP contribution in [0.25, 0.3) is 0 Å². The van der Waals surface area contributed by atoms with Crippen molar-refractivity contribution in [2.75, 3.05) is 13.1 Å². The quantitative estimate of drug-likeness (QED) is 0.913. The van der Waals surface area contributed by atoms with Gasteiger partial charge in [0.05, 0.1) is 5.51 Å². The molecule has 2 heterocycles. The third kappa shape index (κ3) is 3.31. The van der Waals surface area contributed by atoms with E-state index in [9.17, 15) is 0 Å². The Morgan fingerprint density at radius 2 is 2.28 bits per heavy atom. The highest BCUT2D eigenvalue weighted by molar-refractivity contribution is 7.09. The van der Waals surface area contributed by atoms with E-state index < -0.39 is 0 Å². The van der Waals surface area contributed by atoms with Gasteiger partial charge in [0.2, 0.25) is 0 Å². The van der Waals surface area contributed by atoms with Gasteiger partial charge in [0.15, 0.2) is 0 Å². The summed E-state index contributed by atoms with van der Waals surface area (Å²) in [4.78, 5) is 8.20. The Morgan fingerprint density at radius 1 is 1.50 bits per heavy atom. The number of piperazine rings is 1. The van der Waals surface area contributed by atoms with Gasteiger partial charge in [-0.25, -0.2) is 0 Å². The lowest BCUT2D eigenvalue weighted by molar-refractivity contribution is 0.0493. The Balaban J connectivity index is 2.09. The van der Waals surface area contributed by atoms with Crippen LogP contribution in [0.2, 0.25) is 0 Å². The number of hydrogen-bond acceptors (Lipinski definition) is 4. The van der Waals surface area contributed by atoms with E-state index in [-0.39, 0.29) is 0 Å². The summed E-state index contributed by atoms with van der Waals surface area (Å²) in [6.07, 6.45) is 3.21. The maximum atomic E-state index is 4.19. The van der Waals surface area contributed by atoms with Crippen LogP contribution < -0.4 is 5.32 Å². The number of rotatable bonds is 3. The summed E-state index contributed by atoms with van der Waals surface area (Å²) in [6.45, 7) is 12.6. The maximum absolute atomic E-state index is 4.19. The predicted molar refractivity (Wildman–Crippen MR) is 77.8 cm³/mol. The molecule has 2 atom stereocenters. The minimum absolute atomic E-state index is 0.316. The van der Waals surface area contributed by atoms with Gasteiger partial charge in [-0.2, -0.15) is 0 Å². The van der Waals surface area contributed by atoms with Crippen molar-refractivity contribution in [3.05, 3.63) is 16.6 Å². The van der Waals surface area contributed by atoms with Crippen molar-refractivity contribution in [2.24, 2.45) is 5.41 Å². The molecule has 2 unspecified atom stereocenters. The van der Waals surface area contributed by atoms with Crippen LogP contribution in [-0.2, 0) is 6.54 Å². The van der Waals surface area contributed by atoms with Gasteiger partial charge in [-0.05, 0) is 11.8 Å². The lowest BCUT2D eigenvalue weighted by Gasteiger charge is -2.46. The van der Waals surface area contributed by atoms with E-state index in [4.69, 9.17) is 0 Å². The number of thiazole rings is 1. The molecule has 1 aromatic rings. The minimum Gasteiger partial charge on any atom is -0.311 e. The van der Waals surface area contributed by atoms with Crippen LogP contribution in [0.15, 0.2) is 11.7 Å². The molecule has 1 aliphatic heterocycles. The van der Waals surface area contributed by atoms with Gasteiger partial charge in [0, 0.05) is 42.8 Å². The molecule has 0 aromatic carbocycles. The molecule has 2 rings (SSSR count). The third-order valence-corrected chi connectivity index (χ3v) is 4.59. The molecule has 0 aliphatic carbocycles. The van der Waals surface area contributed by atoms with Gasteiger partial charge in [-0.3, -0.25) is 9.88 Å². The molecule has 3 nitrogen and oxygen atoms in total. The molecule has 0 amide bonds. The van der Waals surface area contributed by atoms with Gasteiger partial charge in [-0.1, -0.05) is 27.7 Å². The van der Waals surface area contributed by atoms with E-state index in [1.54, 1.807) is 11.3 Å². The maximum Gasteiger partial charge on any atom is 0.0794 e. The molecule has 0 bridgehead atoms. The van der Waals surface area contributed by atoms with Gasteiger partial charge < -0.3 is 5.32 Å². The average Bonchev–Trinajstić information content (AvgIpc) is 2.80. The second-order valence-corrected chi connectivity index (χ2v) is 7.26. The molecule has 1 N–H and O–H groups in total. The molecule has 1 aromatic heterocycles. The fourth-order valence-corrected chi connectivity index (χ4v) is 3.32. The van der Waals surface area contributed by atoms with Crippen LogP contribution in [0.4, 0.5) is 0 Å². The monoisotopic (exact) mass is 267 g/mol. The summed E-state index contributed by atoms with van der Waals surface area (Å²) in [5, 5.41) is 3.68. The highest BCUT2D eigenvalue weighted by atomic mass is 32.1. The van der Waals surface area contributed by atoms with Crippen LogP contribution in [0.1, 0.15) is 39.0 Å². The summed E-state index contributed by atoms with van der Waals surface area (Å²) < 4.78 is 0. The van der Waals surface area contributed by atoms with Crippen molar-refractivity contribution in [1.82, 2.24) is 15.2 Å². The zero-order chi connectivity index (χ0) is 13.2. The van der Waals surface area contributed by atoms with Gasteiger partial charge in [-0.15, -0.1) is 11.3 Å². The van der Waals surface area contributed by atoms with E-state index in [2.05, 4.69) is 42.9 Å². The Bertz CT molecular complexity index is 356. The van der Waals surface area contributed by atoms with Crippen molar-refractivity contribution in [3.63, 3.8) is 0 Å². The summed E-state index contributed by atoms with van der Waals surface area (Å²) in [5.41, 5.74) is 2.25. The summed E-state index contributed by atoms with van der Waals surface area (Å²) in [5.74, 6) is 0. The largest absolute Gasteiger partial charge is 0.311 e. The second kappa shape index (κ2) is 5.68. The molecule has 0 radical (unpaired) electrons. The molecule has 1 saturated heterocycles. The van der Waals surface area contributed by atoms with Crippen LogP contribution in [0.3, 0.4) is 0 Å². The summed E-state index contributed by atoms with van der Waals surface area (Å²) >= 11 is 1.76. The topological polar surface area (TPSA) is 28.2 Å². The van der Waals surface area contributed by atoms with E-state index in [0.29, 0.717) is 17.5 Å². The highest BCUT2D eigenvalue weighted by Crippen LogP contribution is 2.28.